The van der Waals surface area contributed by atoms with Gasteiger partial charge in [0.15, 0.2) is 0 Å². The van der Waals surface area contributed by atoms with E-state index >= 15 is 0 Å². The van der Waals surface area contributed by atoms with Gasteiger partial charge in [-0.3, -0.25) is 14.4 Å². The second-order valence-corrected chi connectivity index (χ2v) is 7.60. The minimum Gasteiger partial charge on any atom is -0.353 e. The Labute approximate surface area is 136 Å². The molecule has 0 atom stereocenters. The summed E-state index contributed by atoms with van der Waals surface area (Å²) in [5, 5.41) is 3.12. The Hall–Kier alpha value is -1.59. The fourth-order valence-corrected chi connectivity index (χ4v) is 3.83. The van der Waals surface area contributed by atoms with Crippen LogP contribution in [-0.2, 0) is 14.4 Å². The second kappa shape index (κ2) is 5.80. The number of amides is 3. The summed E-state index contributed by atoms with van der Waals surface area (Å²) in [6.07, 6.45) is 7.62. The number of rotatable bonds is 4. The lowest BCUT2D eigenvalue weighted by Gasteiger charge is -2.30. The first kappa shape index (κ1) is 15.0. The molecule has 3 saturated carbocycles. The predicted molar refractivity (Wildman–Crippen MR) is 83.1 cm³/mol. The SMILES string of the molecule is O=C(NC1CCC(C(=O)N2CC(=O)N(C3CC3)C2)CC1)C1CC1. The molecule has 4 fully saturated rings. The normalized spacial score (nSPS) is 31.4. The van der Waals surface area contributed by atoms with Crippen LogP contribution in [0.5, 0.6) is 0 Å². The Kier molecular flexibility index (Phi) is 3.77. The quantitative estimate of drug-likeness (QED) is 0.835. The molecule has 3 aliphatic carbocycles. The second-order valence-electron chi connectivity index (χ2n) is 7.60. The Morgan fingerprint density at radius 3 is 2.17 bits per heavy atom. The van der Waals surface area contributed by atoms with Crippen molar-refractivity contribution in [3.05, 3.63) is 0 Å². The minimum absolute atomic E-state index is 0.0241. The molecule has 0 unspecified atom stereocenters. The summed E-state index contributed by atoms with van der Waals surface area (Å²) in [4.78, 5) is 40.0. The third kappa shape index (κ3) is 3.21. The lowest BCUT2D eigenvalue weighted by Crippen LogP contribution is -2.42. The average molecular weight is 319 g/mol. The lowest BCUT2D eigenvalue weighted by molar-refractivity contribution is -0.136. The molecule has 0 spiro atoms. The van der Waals surface area contributed by atoms with Crippen LogP contribution in [0, 0.1) is 11.8 Å². The molecule has 0 aromatic heterocycles. The van der Waals surface area contributed by atoms with Crippen molar-refractivity contribution in [3.8, 4) is 0 Å². The van der Waals surface area contributed by atoms with Crippen LogP contribution in [0.1, 0.15) is 51.4 Å². The lowest BCUT2D eigenvalue weighted by atomic mass is 9.85. The molecular formula is C17H25N3O3. The van der Waals surface area contributed by atoms with Gasteiger partial charge in [-0.05, 0) is 51.4 Å². The molecule has 6 heteroatoms. The molecule has 4 rings (SSSR count). The Bertz CT molecular complexity index is 519. The van der Waals surface area contributed by atoms with E-state index in [2.05, 4.69) is 5.32 Å². The van der Waals surface area contributed by atoms with Crippen LogP contribution in [0.4, 0.5) is 0 Å². The van der Waals surface area contributed by atoms with Gasteiger partial charge < -0.3 is 15.1 Å². The predicted octanol–water partition coefficient (Wildman–Crippen LogP) is 0.862. The van der Waals surface area contributed by atoms with E-state index < -0.39 is 0 Å². The standard InChI is InChI=1S/C17H25N3O3/c21-15-9-19(10-20(15)14-7-8-14)17(23)12-3-5-13(6-4-12)18-16(22)11-1-2-11/h11-14H,1-10H2,(H,18,22). The van der Waals surface area contributed by atoms with E-state index in [0.29, 0.717) is 12.7 Å². The third-order valence-corrected chi connectivity index (χ3v) is 5.64. The number of hydrogen-bond donors (Lipinski definition) is 1. The van der Waals surface area contributed by atoms with E-state index in [4.69, 9.17) is 0 Å². The summed E-state index contributed by atoms with van der Waals surface area (Å²) in [5.74, 6) is 0.707. The highest BCUT2D eigenvalue weighted by Crippen LogP contribution is 2.33. The molecule has 1 heterocycles. The zero-order valence-corrected chi connectivity index (χ0v) is 13.5. The van der Waals surface area contributed by atoms with Crippen molar-refractivity contribution in [3.63, 3.8) is 0 Å². The van der Waals surface area contributed by atoms with Crippen molar-refractivity contribution in [2.24, 2.45) is 11.8 Å². The van der Waals surface area contributed by atoms with E-state index in [9.17, 15) is 14.4 Å². The van der Waals surface area contributed by atoms with Gasteiger partial charge in [0.25, 0.3) is 0 Å². The Balaban J connectivity index is 1.25. The van der Waals surface area contributed by atoms with Crippen molar-refractivity contribution in [1.82, 2.24) is 15.1 Å². The molecule has 6 nitrogen and oxygen atoms in total. The van der Waals surface area contributed by atoms with Gasteiger partial charge in [-0.2, -0.15) is 0 Å². The van der Waals surface area contributed by atoms with E-state index in [0.717, 1.165) is 51.4 Å². The summed E-state index contributed by atoms with van der Waals surface area (Å²) in [6.45, 7) is 0.744. The molecule has 3 amide bonds. The summed E-state index contributed by atoms with van der Waals surface area (Å²) in [6, 6.07) is 0.615. The highest BCUT2D eigenvalue weighted by molar-refractivity contribution is 5.89. The zero-order chi connectivity index (χ0) is 16.0. The molecule has 1 aliphatic heterocycles. The smallest absolute Gasteiger partial charge is 0.243 e. The zero-order valence-electron chi connectivity index (χ0n) is 13.5. The number of hydrogen-bond acceptors (Lipinski definition) is 3. The van der Waals surface area contributed by atoms with E-state index in [1.807, 2.05) is 4.90 Å². The minimum atomic E-state index is 0.0241. The molecule has 126 valence electrons. The molecule has 1 saturated heterocycles. The largest absolute Gasteiger partial charge is 0.353 e. The van der Waals surface area contributed by atoms with Gasteiger partial charge in [0.1, 0.15) is 6.54 Å². The van der Waals surface area contributed by atoms with Crippen LogP contribution in [0.25, 0.3) is 0 Å². The van der Waals surface area contributed by atoms with Crippen LogP contribution in [0.3, 0.4) is 0 Å². The number of carbonyl (C=O) groups is 3. The molecule has 0 radical (unpaired) electrons. The third-order valence-electron chi connectivity index (χ3n) is 5.64. The van der Waals surface area contributed by atoms with Gasteiger partial charge in [-0.25, -0.2) is 0 Å². The molecule has 0 bridgehead atoms. The van der Waals surface area contributed by atoms with Gasteiger partial charge in [-0.15, -0.1) is 0 Å². The van der Waals surface area contributed by atoms with Gasteiger partial charge in [-0.1, -0.05) is 0 Å². The van der Waals surface area contributed by atoms with E-state index in [-0.39, 0.29) is 42.1 Å². The topological polar surface area (TPSA) is 69.7 Å². The number of carbonyl (C=O) groups excluding carboxylic acids is 3. The first-order chi connectivity index (χ1) is 11.1. The summed E-state index contributed by atoms with van der Waals surface area (Å²) >= 11 is 0. The maximum Gasteiger partial charge on any atom is 0.243 e. The summed E-state index contributed by atoms with van der Waals surface area (Å²) < 4.78 is 0. The van der Waals surface area contributed by atoms with Crippen molar-refractivity contribution >= 4 is 17.7 Å². The molecule has 4 aliphatic rings. The van der Waals surface area contributed by atoms with Crippen molar-refractivity contribution < 1.29 is 14.4 Å². The highest BCUT2D eigenvalue weighted by Gasteiger charge is 2.42. The van der Waals surface area contributed by atoms with Crippen LogP contribution >= 0.6 is 0 Å². The van der Waals surface area contributed by atoms with Crippen LogP contribution < -0.4 is 5.32 Å². The van der Waals surface area contributed by atoms with Gasteiger partial charge in [0.2, 0.25) is 17.7 Å². The number of nitrogens with one attached hydrogen (secondary N) is 1. The van der Waals surface area contributed by atoms with Gasteiger partial charge in [0.05, 0.1) is 6.67 Å². The van der Waals surface area contributed by atoms with E-state index in [1.54, 1.807) is 4.90 Å². The summed E-state index contributed by atoms with van der Waals surface area (Å²) in [5.41, 5.74) is 0. The maximum atomic E-state index is 12.6. The first-order valence-electron chi connectivity index (χ1n) is 9.00. The fraction of sp³-hybridized carbons (Fsp3) is 0.824. The van der Waals surface area contributed by atoms with Crippen molar-refractivity contribution in [2.75, 3.05) is 13.2 Å². The van der Waals surface area contributed by atoms with Crippen molar-refractivity contribution in [1.29, 1.82) is 0 Å². The van der Waals surface area contributed by atoms with Gasteiger partial charge in [0, 0.05) is 23.9 Å². The molecule has 23 heavy (non-hydrogen) atoms. The highest BCUT2D eigenvalue weighted by atomic mass is 16.2. The van der Waals surface area contributed by atoms with Crippen LogP contribution in [-0.4, -0.2) is 52.8 Å². The van der Waals surface area contributed by atoms with Gasteiger partial charge >= 0.3 is 0 Å². The van der Waals surface area contributed by atoms with Crippen LogP contribution in [0.2, 0.25) is 0 Å². The number of nitrogens with zero attached hydrogens (tertiary/aromatic N) is 2. The molecular weight excluding hydrogens is 294 g/mol. The van der Waals surface area contributed by atoms with Crippen molar-refractivity contribution in [2.45, 2.75) is 63.5 Å². The molecule has 0 aromatic carbocycles. The Morgan fingerprint density at radius 2 is 1.57 bits per heavy atom. The first-order valence-corrected chi connectivity index (χ1v) is 9.00. The molecule has 0 aromatic rings. The summed E-state index contributed by atoms with van der Waals surface area (Å²) in [7, 11) is 0. The average Bonchev–Trinajstić information content (AvgIpc) is 3.45. The molecule has 1 N–H and O–H groups in total. The van der Waals surface area contributed by atoms with Crippen LogP contribution in [0.15, 0.2) is 0 Å². The van der Waals surface area contributed by atoms with E-state index in [1.165, 1.54) is 0 Å². The fourth-order valence-electron chi connectivity index (χ4n) is 3.83. The monoisotopic (exact) mass is 319 g/mol. The maximum absolute atomic E-state index is 12.6. The Morgan fingerprint density at radius 1 is 0.913 bits per heavy atom.